The summed E-state index contributed by atoms with van der Waals surface area (Å²) < 4.78 is 10.5. The van der Waals surface area contributed by atoms with Gasteiger partial charge in [-0.3, -0.25) is 9.59 Å². The molecule has 1 atom stereocenters. The van der Waals surface area contributed by atoms with Gasteiger partial charge < -0.3 is 19.5 Å². The van der Waals surface area contributed by atoms with Crippen LogP contribution in [0, 0.1) is 5.41 Å². The lowest BCUT2D eigenvalue weighted by Crippen LogP contribution is -2.46. The van der Waals surface area contributed by atoms with Crippen molar-refractivity contribution in [2.24, 2.45) is 5.41 Å². The van der Waals surface area contributed by atoms with Gasteiger partial charge in [0.15, 0.2) is 0 Å². The number of amides is 1. The molecule has 1 unspecified atom stereocenters. The highest BCUT2D eigenvalue weighted by Crippen LogP contribution is 2.39. The van der Waals surface area contributed by atoms with E-state index in [0.29, 0.717) is 19.4 Å². The summed E-state index contributed by atoms with van der Waals surface area (Å²) in [5.41, 5.74) is -1.27. The molecule has 6 nitrogen and oxygen atoms in total. The molecule has 6 heteroatoms. The van der Waals surface area contributed by atoms with Crippen LogP contribution >= 0.6 is 0 Å². The highest BCUT2D eigenvalue weighted by Gasteiger charge is 2.48. The molecule has 1 saturated heterocycles. The van der Waals surface area contributed by atoms with E-state index in [-0.39, 0.29) is 24.7 Å². The Bertz CT molecular complexity index is 388. The molecule has 114 valence electrons. The number of hydrogen-bond donors (Lipinski definition) is 1. The molecule has 0 spiro atoms. The SMILES string of the molecule is COCC1(C(=O)O)CCN(C(=O)CC2(OC)CCC2)C1. The van der Waals surface area contributed by atoms with Crippen LogP contribution < -0.4 is 0 Å². The van der Waals surface area contributed by atoms with Gasteiger partial charge in [0.1, 0.15) is 5.41 Å². The number of aliphatic carboxylic acids is 1. The number of rotatable bonds is 6. The Kier molecular flexibility index (Phi) is 4.34. The van der Waals surface area contributed by atoms with E-state index >= 15 is 0 Å². The van der Waals surface area contributed by atoms with E-state index in [1.807, 2.05) is 0 Å². The molecule has 0 aromatic rings. The minimum absolute atomic E-state index is 0.00854. The fourth-order valence-corrected chi connectivity index (χ4v) is 3.13. The van der Waals surface area contributed by atoms with Crippen LogP contribution in [-0.4, -0.2) is 61.4 Å². The zero-order valence-electron chi connectivity index (χ0n) is 12.2. The van der Waals surface area contributed by atoms with Gasteiger partial charge in [-0.2, -0.15) is 0 Å². The molecule has 20 heavy (non-hydrogen) atoms. The second-order valence-electron chi connectivity index (χ2n) is 6.00. The second kappa shape index (κ2) is 5.69. The summed E-state index contributed by atoms with van der Waals surface area (Å²) in [6, 6.07) is 0. The molecule has 1 aliphatic carbocycles. The quantitative estimate of drug-likeness (QED) is 0.784. The molecule has 1 aliphatic heterocycles. The van der Waals surface area contributed by atoms with Crippen LogP contribution in [0.5, 0.6) is 0 Å². The largest absolute Gasteiger partial charge is 0.481 e. The van der Waals surface area contributed by atoms with Gasteiger partial charge in [0.05, 0.1) is 18.6 Å². The second-order valence-corrected chi connectivity index (χ2v) is 6.00. The molecule has 1 heterocycles. The number of methoxy groups -OCH3 is 2. The maximum Gasteiger partial charge on any atom is 0.313 e. The van der Waals surface area contributed by atoms with E-state index in [9.17, 15) is 14.7 Å². The predicted octanol–water partition coefficient (Wildman–Crippen LogP) is 0.895. The maximum absolute atomic E-state index is 12.3. The Morgan fingerprint density at radius 1 is 1.25 bits per heavy atom. The average Bonchev–Trinajstić information content (AvgIpc) is 2.80. The third-order valence-electron chi connectivity index (χ3n) is 4.75. The van der Waals surface area contributed by atoms with Crippen molar-refractivity contribution in [1.82, 2.24) is 4.90 Å². The van der Waals surface area contributed by atoms with Crippen LogP contribution in [0.25, 0.3) is 0 Å². The average molecular weight is 285 g/mol. The normalized spacial score (nSPS) is 28.2. The third-order valence-corrected chi connectivity index (χ3v) is 4.75. The fourth-order valence-electron chi connectivity index (χ4n) is 3.13. The zero-order chi connectivity index (χ0) is 14.8. The molecular weight excluding hydrogens is 262 g/mol. The van der Waals surface area contributed by atoms with Crippen molar-refractivity contribution in [3.63, 3.8) is 0 Å². The van der Waals surface area contributed by atoms with Crippen molar-refractivity contribution >= 4 is 11.9 Å². The minimum Gasteiger partial charge on any atom is -0.481 e. The Morgan fingerprint density at radius 3 is 2.40 bits per heavy atom. The lowest BCUT2D eigenvalue weighted by molar-refractivity contribution is -0.152. The molecule has 1 amide bonds. The van der Waals surface area contributed by atoms with Gasteiger partial charge in [-0.15, -0.1) is 0 Å². The van der Waals surface area contributed by atoms with Crippen molar-refractivity contribution in [3.8, 4) is 0 Å². The molecule has 1 N–H and O–H groups in total. The molecule has 0 aromatic carbocycles. The number of carbonyl (C=O) groups excluding carboxylic acids is 1. The topological polar surface area (TPSA) is 76.1 Å². The Hall–Kier alpha value is -1.14. The highest BCUT2D eigenvalue weighted by molar-refractivity contribution is 5.81. The van der Waals surface area contributed by atoms with E-state index in [0.717, 1.165) is 19.3 Å². The Morgan fingerprint density at radius 2 is 1.95 bits per heavy atom. The smallest absolute Gasteiger partial charge is 0.313 e. The van der Waals surface area contributed by atoms with Gasteiger partial charge in [-0.1, -0.05) is 0 Å². The number of likely N-dealkylation sites (tertiary alicyclic amines) is 1. The number of hydrogen-bond acceptors (Lipinski definition) is 4. The third kappa shape index (κ3) is 2.67. The number of carbonyl (C=O) groups is 2. The van der Waals surface area contributed by atoms with E-state index in [4.69, 9.17) is 9.47 Å². The van der Waals surface area contributed by atoms with Gasteiger partial charge in [0, 0.05) is 27.3 Å². The molecule has 0 radical (unpaired) electrons. The number of nitrogens with zero attached hydrogens (tertiary/aromatic N) is 1. The van der Waals surface area contributed by atoms with E-state index in [1.54, 1.807) is 12.0 Å². The first-order valence-electron chi connectivity index (χ1n) is 7.02. The van der Waals surface area contributed by atoms with Crippen LogP contribution in [0.1, 0.15) is 32.1 Å². The monoisotopic (exact) mass is 285 g/mol. The van der Waals surface area contributed by atoms with Gasteiger partial charge in [-0.25, -0.2) is 0 Å². The summed E-state index contributed by atoms with van der Waals surface area (Å²) in [7, 11) is 3.13. The molecule has 2 aliphatic rings. The summed E-state index contributed by atoms with van der Waals surface area (Å²) in [5, 5.41) is 9.39. The minimum atomic E-state index is -0.954. The van der Waals surface area contributed by atoms with Gasteiger partial charge in [-0.05, 0) is 25.7 Å². The van der Waals surface area contributed by atoms with Gasteiger partial charge in [0.2, 0.25) is 5.91 Å². The highest BCUT2D eigenvalue weighted by atomic mass is 16.5. The predicted molar refractivity (Wildman–Crippen MR) is 71.3 cm³/mol. The van der Waals surface area contributed by atoms with Crippen LogP contribution in [0.3, 0.4) is 0 Å². The number of ether oxygens (including phenoxy) is 2. The van der Waals surface area contributed by atoms with Crippen molar-refractivity contribution in [2.75, 3.05) is 33.9 Å². The Labute approximate surface area is 119 Å². The number of carboxylic acid groups (broad SMARTS) is 1. The lowest BCUT2D eigenvalue weighted by atomic mass is 9.77. The van der Waals surface area contributed by atoms with Gasteiger partial charge in [0.25, 0.3) is 0 Å². The summed E-state index contributed by atoms with van der Waals surface area (Å²) in [6.07, 6.45) is 3.70. The van der Waals surface area contributed by atoms with Crippen LogP contribution in [0.2, 0.25) is 0 Å². The van der Waals surface area contributed by atoms with Crippen molar-refractivity contribution in [2.45, 2.75) is 37.7 Å². The van der Waals surface area contributed by atoms with Crippen molar-refractivity contribution < 1.29 is 24.2 Å². The zero-order valence-corrected chi connectivity index (χ0v) is 12.2. The van der Waals surface area contributed by atoms with Crippen molar-refractivity contribution in [1.29, 1.82) is 0 Å². The first kappa shape index (κ1) is 15.3. The standard InChI is InChI=1S/C14H23NO5/c1-19-10-13(12(17)18)6-7-15(9-13)11(16)8-14(20-2)4-3-5-14/h3-10H2,1-2H3,(H,17,18). The van der Waals surface area contributed by atoms with Crippen LogP contribution in [-0.2, 0) is 19.1 Å². The number of carboxylic acids is 1. The summed E-state index contributed by atoms with van der Waals surface area (Å²) in [4.78, 5) is 25.4. The van der Waals surface area contributed by atoms with E-state index < -0.39 is 11.4 Å². The summed E-state index contributed by atoms with van der Waals surface area (Å²) in [5.74, 6) is -0.898. The fraction of sp³-hybridized carbons (Fsp3) is 0.857. The van der Waals surface area contributed by atoms with Crippen molar-refractivity contribution in [3.05, 3.63) is 0 Å². The van der Waals surface area contributed by atoms with Crippen LogP contribution in [0.4, 0.5) is 0 Å². The molecule has 2 fully saturated rings. The maximum atomic E-state index is 12.3. The summed E-state index contributed by atoms with van der Waals surface area (Å²) in [6.45, 7) is 0.852. The molecule has 0 bridgehead atoms. The Balaban J connectivity index is 1.97. The first-order chi connectivity index (χ1) is 9.47. The van der Waals surface area contributed by atoms with Gasteiger partial charge >= 0.3 is 5.97 Å². The van der Waals surface area contributed by atoms with Crippen LogP contribution in [0.15, 0.2) is 0 Å². The van der Waals surface area contributed by atoms with E-state index in [1.165, 1.54) is 7.11 Å². The first-order valence-corrected chi connectivity index (χ1v) is 7.02. The molecule has 0 aromatic heterocycles. The molecular formula is C14H23NO5. The van der Waals surface area contributed by atoms with E-state index in [2.05, 4.69) is 0 Å². The molecule has 1 saturated carbocycles. The summed E-state index contributed by atoms with van der Waals surface area (Å²) >= 11 is 0. The molecule has 2 rings (SSSR count). The lowest BCUT2D eigenvalue weighted by Gasteiger charge is -2.40.